The van der Waals surface area contributed by atoms with Crippen LogP contribution >= 0.6 is 34.8 Å². The lowest BCUT2D eigenvalue weighted by molar-refractivity contribution is -0.119. The molecule has 0 radical (unpaired) electrons. The van der Waals surface area contributed by atoms with Gasteiger partial charge in [-0.1, -0.05) is 53.0 Å². The van der Waals surface area contributed by atoms with Crippen molar-refractivity contribution in [1.82, 2.24) is 9.36 Å². The second-order valence-corrected chi connectivity index (χ2v) is 7.47. The topological polar surface area (TPSA) is 82.3 Å². The van der Waals surface area contributed by atoms with E-state index in [9.17, 15) is 14.4 Å². The van der Waals surface area contributed by atoms with E-state index in [0.717, 1.165) is 0 Å². The Bertz CT molecular complexity index is 1190. The molecule has 3 aromatic rings. The second-order valence-electron chi connectivity index (χ2n) is 6.28. The Balaban J connectivity index is 1.76. The van der Waals surface area contributed by atoms with Gasteiger partial charge in [-0.2, -0.15) is 0 Å². The fourth-order valence-electron chi connectivity index (χ4n) is 2.81. The quantitative estimate of drug-likeness (QED) is 0.448. The number of rotatable bonds is 5. The highest BCUT2D eigenvalue weighted by Crippen LogP contribution is 2.31. The van der Waals surface area contributed by atoms with Crippen molar-refractivity contribution in [2.75, 3.05) is 11.9 Å². The van der Waals surface area contributed by atoms with Crippen LogP contribution in [0, 0.1) is 6.92 Å². The lowest BCUT2D eigenvalue weighted by Gasteiger charge is -2.09. The molecular formula is C20H16Cl3N3O4. The number of ether oxygens (including phenoxy) is 1. The number of carbonyl (C=O) groups is 2. The van der Waals surface area contributed by atoms with Gasteiger partial charge in [0.25, 0.3) is 11.5 Å². The van der Waals surface area contributed by atoms with Crippen molar-refractivity contribution in [3.63, 3.8) is 0 Å². The van der Waals surface area contributed by atoms with E-state index in [2.05, 4.69) is 5.32 Å². The minimum absolute atomic E-state index is 0.0412. The smallest absolute Gasteiger partial charge is 0.341 e. The highest BCUT2D eigenvalue weighted by molar-refractivity contribution is 6.46. The number of benzene rings is 2. The first-order valence-corrected chi connectivity index (χ1v) is 9.80. The maximum Gasteiger partial charge on any atom is 0.341 e. The molecule has 0 aliphatic heterocycles. The third kappa shape index (κ3) is 4.23. The molecule has 0 aliphatic rings. The van der Waals surface area contributed by atoms with Crippen LogP contribution < -0.4 is 10.9 Å². The van der Waals surface area contributed by atoms with Gasteiger partial charge >= 0.3 is 5.97 Å². The van der Waals surface area contributed by atoms with Gasteiger partial charge in [-0.15, -0.1) is 0 Å². The Morgan fingerprint density at radius 3 is 2.33 bits per heavy atom. The summed E-state index contributed by atoms with van der Waals surface area (Å²) in [4.78, 5) is 37.4. The number of halogens is 3. The van der Waals surface area contributed by atoms with E-state index < -0.39 is 24.0 Å². The molecule has 0 spiro atoms. The summed E-state index contributed by atoms with van der Waals surface area (Å²) < 4.78 is 8.02. The van der Waals surface area contributed by atoms with Crippen LogP contribution in [0.5, 0.6) is 0 Å². The number of para-hydroxylation sites is 1. The molecule has 1 heterocycles. The summed E-state index contributed by atoms with van der Waals surface area (Å²) in [5.74, 6) is -1.60. The average Bonchev–Trinajstić information content (AvgIpc) is 2.93. The van der Waals surface area contributed by atoms with E-state index in [1.165, 1.54) is 16.8 Å². The molecule has 3 rings (SSSR count). The van der Waals surface area contributed by atoms with Crippen molar-refractivity contribution >= 4 is 52.4 Å². The SMILES string of the molecule is Cc1c(NC(=O)COC(=O)c2c(Cl)ccc(Cl)c2Cl)c(=O)n(-c2ccccc2)n1C. The summed E-state index contributed by atoms with van der Waals surface area (Å²) in [6.07, 6.45) is 0. The molecule has 0 unspecified atom stereocenters. The summed E-state index contributed by atoms with van der Waals surface area (Å²) >= 11 is 17.8. The Hall–Kier alpha value is -2.74. The van der Waals surface area contributed by atoms with Crippen LogP contribution in [0.25, 0.3) is 5.69 Å². The molecule has 7 nitrogen and oxygen atoms in total. The van der Waals surface area contributed by atoms with Gasteiger partial charge < -0.3 is 10.1 Å². The van der Waals surface area contributed by atoms with E-state index in [1.807, 2.05) is 6.07 Å². The van der Waals surface area contributed by atoms with E-state index in [0.29, 0.717) is 11.4 Å². The molecule has 30 heavy (non-hydrogen) atoms. The molecule has 0 atom stereocenters. The minimum atomic E-state index is -0.908. The van der Waals surface area contributed by atoms with Crippen molar-refractivity contribution in [3.8, 4) is 5.69 Å². The van der Waals surface area contributed by atoms with Crippen LogP contribution in [-0.4, -0.2) is 27.8 Å². The van der Waals surface area contributed by atoms with Crippen LogP contribution in [0.15, 0.2) is 47.3 Å². The van der Waals surface area contributed by atoms with E-state index >= 15 is 0 Å². The Morgan fingerprint density at radius 2 is 1.67 bits per heavy atom. The average molecular weight is 469 g/mol. The zero-order valence-corrected chi connectivity index (χ0v) is 18.2. The van der Waals surface area contributed by atoms with Gasteiger partial charge in [0.2, 0.25) is 0 Å². The molecule has 0 bridgehead atoms. The summed E-state index contributed by atoms with van der Waals surface area (Å²) in [6.45, 7) is 1.05. The lowest BCUT2D eigenvalue weighted by Crippen LogP contribution is -2.26. The molecule has 1 N–H and O–H groups in total. The van der Waals surface area contributed by atoms with Crippen molar-refractivity contribution < 1.29 is 14.3 Å². The standard InChI is InChI=1S/C20H16Cl3N3O4/c1-11-18(19(28)26(25(11)2)12-6-4-3-5-7-12)24-15(27)10-30-20(29)16-13(21)8-9-14(22)17(16)23/h3-9H,10H2,1-2H3,(H,24,27). The summed E-state index contributed by atoms with van der Waals surface area (Å²) in [6, 6.07) is 11.8. The summed E-state index contributed by atoms with van der Waals surface area (Å²) in [5.41, 5.74) is 0.707. The van der Waals surface area contributed by atoms with Crippen LogP contribution in [-0.2, 0) is 16.6 Å². The zero-order valence-electron chi connectivity index (χ0n) is 15.9. The molecule has 1 aromatic heterocycles. The maximum absolute atomic E-state index is 12.8. The molecule has 2 aromatic carbocycles. The fraction of sp³-hybridized carbons (Fsp3) is 0.150. The number of anilines is 1. The van der Waals surface area contributed by atoms with Crippen molar-refractivity contribution in [2.24, 2.45) is 7.05 Å². The highest BCUT2D eigenvalue weighted by Gasteiger charge is 2.22. The number of amides is 1. The number of nitrogens with one attached hydrogen (secondary N) is 1. The van der Waals surface area contributed by atoms with Crippen LogP contribution in [0.1, 0.15) is 16.1 Å². The number of aromatic nitrogens is 2. The third-order valence-corrected chi connectivity index (χ3v) is 5.52. The number of esters is 1. The lowest BCUT2D eigenvalue weighted by atomic mass is 10.2. The zero-order chi connectivity index (χ0) is 22.0. The number of hydrogen-bond acceptors (Lipinski definition) is 4. The van der Waals surface area contributed by atoms with Crippen molar-refractivity contribution in [2.45, 2.75) is 6.92 Å². The fourth-order valence-corrected chi connectivity index (χ4v) is 3.49. The van der Waals surface area contributed by atoms with Gasteiger partial charge in [0.1, 0.15) is 5.69 Å². The predicted octanol–water partition coefficient (Wildman–Crippen LogP) is 4.24. The Morgan fingerprint density at radius 1 is 1.03 bits per heavy atom. The summed E-state index contributed by atoms with van der Waals surface area (Å²) in [7, 11) is 1.70. The van der Waals surface area contributed by atoms with Gasteiger partial charge in [-0.25, -0.2) is 9.48 Å². The first kappa shape index (κ1) is 22.0. The molecule has 10 heteroatoms. The largest absolute Gasteiger partial charge is 0.452 e. The van der Waals surface area contributed by atoms with Gasteiger partial charge in [-0.05, 0) is 31.2 Å². The molecule has 0 saturated carbocycles. The van der Waals surface area contributed by atoms with Gasteiger partial charge in [-0.3, -0.25) is 14.3 Å². The molecule has 1 amide bonds. The number of carbonyl (C=O) groups excluding carboxylic acids is 2. The monoisotopic (exact) mass is 467 g/mol. The molecular weight excluding hydrogens is 453 g/mol. The molecule has 156 valence electrons. The van der Waals surface area contributed by atoms with Crippen LogP contribution in [0.2, 0.25) is 15.1 Å². The molecule has 0 aliphatic carbocycles. The third-order valence-electron chi connectivity index (χ3n) is 4.40. The first-order chi connectivity index (χ1) is 14.2. The van der Waals surface area contributed by atoms with E-state index in [1.54, 1.807) is 42.9 Å². The molecule has 0 saturated heterocycles. The van der Waals surface area contributed by atoms with Gasteiger partial charge in [0.15, 0.2) is 6.61 Å². The van der Waals surface area contributed by atoms with E-state index in [-0.39, 0.29) is 26.3 Å². The van der Waals surface area contributed by atoms with Gasteiger partial charge in [0.05, 0.1) is 32.0 Å². The van der Waals surface area contributed by atoms with Crippen LogP contribution in [0.3, 0.4) is 0 Å². The van der Waals surface area contributed by atoms with E-state index in [4.69, 9.17) is 39.5 Å². The normalized spacial score (nSPS) is 10.7. The van der Waals surface area contributed by atoms with Gasteiger partial charge in [0, 0.05) is 7.05 Å². The number of nitrogens with zero attached hydrogens (tertiary/aromatic N) is 2. The first-order valence-electron chi connectivity index (χ1n) is 8.67. The second kappa shape index (κ2) is 8.95. The maximum atomic E-state index is 12.8. The van der Waals surface area contributed by atoms with Crippen LogP contribution in [0.4, 0.5) is 5.69 Å². The highest BCUT2D eigenvalue weighted by atomic mass is 35.5. The minimum Gasteiger partial charge on any atom is -0.452 e. The Labute approximate surface area is 186 Å². The predicted molar refractivity (Wildman–Crippen MR) is 116 cm³/mol. The number of hydrogen-bond donors (Lipinski definition) is 1. The van der Waals surface area contributed by atoms with Crippen molar-refractivity contribution in [3.05, 3.63) is 79.1 Å². The Kier molecular flexibility index (Phi) is 6.55. The van der Waals surface area contributed by atoms with Crippen molar-refractivity contribution in [1.29, 1.82) is 0 Å². The molecule has 0 fully saturated rings. The summed E-state index contributed by atoms with van der Waals surface area (Å²) in [5, 5.41) is 2.59.